The highest BCUT2D eigenvalue weighted by Crippen LogP contribution is 2.11. The summed E-state index contributed by atoms with van der Waals surface area (Å²) in [5.74, 6) is 0.748. The zero-order chi connectivity index (χ0) is 14.2. The summed E-state index contributed by atoms with van der Waals surface area (Å²) in [5, 5.41) is 3.76. The Bertz CT molecular complexity index is 357. The van der Waals surface area contributed by atoms with Gasteiger partial charge in [0.15, 0.2) is 0 Å². The van der Waals surface area contributed by atoms with E-state index in [9.17, 15) is 0 Å². The predicted molar refractivity (Wildman–Crippen MR) is 87.1 cm³/mol. The Hall–Kier alpha value is -0.860. The van der Waals surface area contributed by atoms with Crippen molar-refractivity contribution >= 4 is 0 Å². The van der Waals surface area contributed by atoms with Gasteiger partial charge in [-0.3, -0.25) is 0 Å². The first-order valence-corrected chi connectivity index (χ1v) is 8.27. The number of hydrogen-bond acceptors (Lipinski definition) is 2. The monoisotopic (exact) mass is 274 g/mol. The smallest absolute Gasteiger partial charge is 0.0105 e. The third-order valence-corrected chi connectivity index (χ3v) is 4.34. The summed E-state index contributed by atoms with van der Waals surface area (Å²) in [4.78, 5) is 2.62. The molecule has 2 nitrogen and oxygen atoms in total. The summed E-state index contributed by atoms with van der Waals surface area (Å²) < 4.78 is 0. The second-order valence-electron chi connectivity index (χ2n) is 6.32. The molecular formula is C18H30N2. The average molecular weight is 274 g/mol. The highest BCUT2D eigenvalue weighted by Gasteiger charge is 2.15. The van der Waals surface area contributed by atoms with Crippen LogP contribution in [0.25, 0.3) is 0 Å². The van der Waals surface area contributed by atoms with E-state index in [1.165, 1.54) is 44.5 Å². The van der Waals surface area contributed by atoms with Crippen molar-refractivity contribution in [2.24, 2.45) is 5.92 Å². The van der Waals surface area contributed by atoms with E-state index >= 15 is 0 Å². The first-order chi connectivity index (χ1) is 9.78. The van der Waals surface area contributed by atoms with Gasteiger partial charge in [0.25, 0.3) is 0 Å². The van der Waals surface area contributed by atoms with Crippen molar-refractivity contribution in [1.29, 1.82) is 0 Å². The van der Waals surface area contributed by atoms with Crippen LogP contribution < -0.4 is 5.32 Å². The van der Waals surface area contributed by atoms with Crippen LogP contribution in [0.4, 0.5) is 0 Å². The van der Waals surface area contributed by atoms with Gasteiger partial charge < -0.3 is 10.2 Å². The minimum atomic E-state index is 0.610. The molecule has 1 N–H and O–H groups in total. The van der Waals surface area contributed by atoms with Crippen LogP contribution in [0.5, 0.6) is 0 Å². The van der Waals surface area contributed by atoms with Crippen molar-refractivity contribution in [2.45, 2.75) is 45.6 Å². The molecule has 1 aromatic rings. The lowest BCUT2D eigenvalue weighted by molar-refractivity contribution is 0.276. The topological polar surface area (TPSA) is 15.3 Å². The number of benzene rings is 1. The number of likely N-dealkylation sites (tertiary alicyclic amines) is 1. The van der Waals surface area contributed by atoms with E-state index in [1.54, 1.807) is 0 Å². The van der Waals surface area contributed by atoms with E-state index < -0.39 is 0 Å². The minimum absolute atomic E-state index is 0.610. The van der Waals surface area contributed by atoms with Crippen molar-refractivity contribution in [3.05, 3.63) is 35.9 Å². The zero-order valence-corrected chi connectivity index (χ0v) is 13.1. The largest absolute Gasteiger partial charge is 0.313 e. The number of nitrogens with one attached hydrogen (secondary N) is 1. The Kier molecular flexibility index (Phi) is 6.55. The molecule has 2 heteroatoms. The van der Waals surface area contributed by atoms with Gasteiger partial charge >= 0.3 is 0 Å². The lowest BCUT2D eigenvalue weighted by Crippen LogP contribution is -2.37. The molecule has 2 rings (SSSR count). The first-order valence-electron chi connectivity index (χ1n) is 8.27. The molecule has 0 saturated carbocycles. The Morgan fingerprint density at radius 3 is 2.50 bits per heavy atom. The zero-order valence-electron chi connectivity index (χ0n) is 13.1. The fourth-order valence-electron chi connectivity index (χ4n) is 3.10. The van der Waals surface area contributed by atoms with Gasteiger partial charge in [0.1, 0.15) is 0 Å². The van der Waals surface area contributed by atoms with Gasteiger partial charge in [-0.05, 0) is 56.8 Å². The molecule has 1 aliphatic rings. The van der Waals surface area contributed by atoms with Gasteiger partial charge in [-0.2, -0.15) is 0 Å². The molecule has 0 amide bonds. The van der Waals surface area contributed by atoms with Crippen LogP contribution in [-0.4, -0.2) is 37.1 Å². The maximum atomic E-state index is 3.76. The molecular weight excluding hydrogens is 244 g/mol. The van der Waals surface area contributed by atoms with E-state index in [0.717, 1.165) is 18.9 Å². The molecule has 20 heavy (non-hydrogen) atoms. The Morgan fingerprint density at radius 1 is 1.15 bits per heavy atom. The van der Waals surface area contributed by atoms with Crippen molar-refractivity contribution in [2.75, 3.05) is 26.2 Å². The lowest BCUT2D eigenvalue weighted by atomic mass is 10.0. The summed E-state index contributed by atoms with van der Waals surface area (Å²) in [7, 11) is 0. The average Bonchev–Trinajstić information content (AvgIpc) is 2.97. The molecule has 112 valence electrons. The second-order valence-corrected chi connectivity index (χ2v) is 6.32. The normalized spacial score (nSPS) is 19.1. The summed E-state index contributed by atoms with van der Waals surface area (Å²) in [5.41, 5.74) is 1.44. The first kappa shape index (κ1) is 15.5. The Labute approximate surface area is 124 Å². The summed E-state index contributed by atoms with van der Waals surface area (Å²) in [6, 6.07) is 11.4. The molecule has 0 aliphatic carbocycles. The maximum Gasteiger partial charge on any atom is 0.0105 e. The van der Waals surface area contributed by atoms with Gasteiger partial charge in [-0.1, -0.05) is 44.2 Å². The molecule has 0 radical (unpaired) electrons. The standard InChI is InChI=1S/C18H30N2/c1-3-18(13-17-9-5-4-6-10-17)19-14-16(2)15-20-11-7-8-12-20/h4-6,9-10,16,18-19H,3,7-8,11-15H2,1-2H3. The van der Waals surface area contributed by atoms with E-state index in [4.69, 9.17) is 0 Å². The van der Waals surface area contributed by atoms with Gasteiger partial charge in [0, 0.05) is 12.6 Å². The Balaban J connectivity index is 1.70. The van der Waals surface area contributed by atoms with Crippen molar-refractivity contribution in [3.8, 4) is 0 Å². The molecule has 1 aromatic carbocycles. The Morgan fingerprint density at radius 2 is 1.85 bits per heavy atom. The summed E-state index contributed by atoms with van der Waals surface area (Å²) in [6.07, 6.45) is 5.14. The molecule has 1 saturated heterocycles. The van der Waals surface area contributed by atoms with Crippen molar-refractivity contribution in [1.82, 2.24) is 10.2 Å². The van der Waals surface area contributed by atoms with Gasteiger partial charge in [-0.15, -0.1) is 0 Å². The highest BCUT2D eigenvalue weighted by molar-refractivity contribution is 5.15. The number of rotatable bonds is 8. The molecule has 2 unspecified atom stereocenters. The molecule has 1 aliphatic heterocycles. The van der Waals surface area contributed by atoms with Crippen molar-refractivity contribution in [3.63, 3.8) is 0 Å². The molecule has 1 fully saturated rings. The number of hydrogen-bond donors (Lipinski definition) is 1. The van der Waals surface area contributed by atoms with E-state index in [0.29, 0.717) is 6.04 Å². The predicted octanol–water partition coefficient (Wildman–Crippen LogP) is 3.33. The van der Waals surface area contributed by atoms with E-state index in [1.807, 2.05) is 0 Å². The second kappa shape index (κ2) is 8.43. The van der Waals surface area contributed by atoms with Crippen LogP contribution in [0.3, 0.4) is 0 Å². The summed E-state index contributed by atoms with van der Waals surface area (Å²) >= 11 is 0. The fourth-order valence-corrected chi connectivity index (χ4v) is 3.10. The highest BCUT2D eigenvalue weighted by atomic mass is 15.1. The maximum absolute atomic E-state index is 3.76. The van der Waals surface area contributed by atoms with Crippen LogP contribution in [0, 0.1) is 5.92 Å². The van der Waals surface area contributed by atoms with Gasteiger partial charge in [0.2, 0.25) is 0 Å². The molecule has 0 bridgehead atoms. The van der Waals surface area contributed by atoms with E-state index in [2.05, 4.69) is 54.4 Å². The molecule has 0 spiro atoms. The van der Waals surface area contributed by atoms with Crippen molar-refractivity contribution < 1.29 is 0 Å². The van der Waals surface area contributed by atoms with Crippen LogP contribution in [0.2, 0.25) is 0 Å². The van der Waals surface area contributed by atoms with Gasteiger partial charge in [0.05, 0.1) is 0 Å². The van der Waals surface area contributed by atoms with Crippen LogP contribution in [-0.2, 0) is 6.42 Å². The van der Waals surface area contributed by atoms with E-state index in [-0.39, 0.29) is 0 Å². The molecule has 1 heterocycles. The SMILES string of the molecule is CCC(Cc1ccccc1)NCC(C)CN1CCCC1. The summed E-state index contributed by atoms with van der Waals surface area (Å²) in [6.45, 7) is 9.68. The van der Waals surface area contributed by atoms with Crippen LogP contribution >= 0.6 is 0 Å². The number of nitrogens with zero attached hydrogens (tertiary/aromatic N) is 1. The molecule has 0 aromatic heterocycles. The van der Waals surface area contributed by atoms with Crippen LogP contribution in [0.1, 0.15) is 38.7 Å². The van der Waals surface area contributed by atoms with Crippen LogP contribution in [0.15, 0.2) is 30.3 Å². The molecule has 2 atom stereocenters. The third-order valence-electron chi connectivity index (χ3n) is 4.34. The third kappa shape index (κ3) is 5.26. The lowest BCUT2D eigenvalue weighted by Gasteiger charge is -2.23. The fraction of sp³-hybridized carbons (Fsp3) is 0.667. The minimum Gasteiger partial charge on any atom is -0.313 e. The quantitative estimate of drug-likeness (QED) is 0.782. The van der Waals surface area contributed by atoms with Gasteiger partial charge in [-0.25, -0.2) is 0 Å².